The second kappa shape index (κ2) is 4.87. The van der Waals surface area contributed by atoms with Crippen molar-refractivity contribution in [2.24, 2.45) is 0 Å². The molecular weight excluding hydrogens is 270 g/mol. The maximum absolute atomic E-state index is 9.72. The summed E-state index contributed by atoms with van der Waals surface area (Å²) in [6.07, 6.45) is 0.278. The first-order valence-corrected chi connectivity index (χ1v) is 6.91. The summed E-state index contributed by atoms with van der Waals surface area (Å²) in [4.78, 5) is 1.05. The number of thiophene rings is 1. The third kappa shape index (κ3) is 2.20. The van der Waals surface area contributed by atoms with Crippen LogP contribution < -0.4 is 0 Å². The molecule has 0 amide bonds. The summed E-state index contributed by atoms with van der Waals surface area (Å²) in [5.41, 5.74) is 1.85. The zero-order valence-corrected chi connectivity index (χ0v) is 11.3. The first-order chi connectivity index (χ1) is 9.67. The number of phenols is 2. The predicted molar refractivity (Wildman–Crippen MR) is 79.9 cm³/mol. The van der Waals surface area contributed by atoms with Gasteiger partial charge in [-0.25, -0.2) is 0 Å². The van der Waals surface area contributed by atoms with Gasteiger partial charge in [0.15, 0.2) is 0 Å². The van der Waals surface area contributed by atoms with Crippen LogP contribution in [-0.2, 0) is 6.42 Å². The fourth-order valence-corrected chi connectivity index (χ4v) is 3.35. The third-order valence-corrected chi connectivity index (χ3v) is 4.37. The molecule has 2 N–H and O–H groups in total. The van der Waals surface area contributed by atoms with Crippen LogP contribution in [0.4, 0.5) is 0 Å². The number of nitriles is 1. The molecule has 0 bridgehead atoms. The van der Waals surface area contributed by atoms with Crippen LogP contribution >= 0.6 is 11.3 Å². The lowest BCUT2D eigenvalue weighted by atomic mass is 10.1. The molecule has 0 saturated heterocycles. The Labute approximate surface area is 120 Å². The van der Waals surface area contributed by atoms with Crippen molar-refractivity contribution in [3.8, 4) is 28.0 Å². The van der Waals surface area contributed by atoms with Crippen LogP contribution in [0.1, 0.15) is 5.56 Å². The molecule has 3 rings (SSSR count). The van der Waals surface area contributed by atoms with Crippen LogP contribution in [0.5, 0.6) is 11.5 Å². The Morgan fingerprint density at radius 2 is 1.75 bits per heavy atom. The summed E-state index contributed by atoms with van der Waals surface area (Å²) in [6.45, 7) is 0. The Bertz CT molecular complexity index is 813. The van der Waals surface area contributed by atoms with E-state index >= 15 is 0 Å². The second-order valence-electron chi connectivity index (χ2n) is 4.52. The van der Waals surface area contributed by atoms with E-state index in [1.807, 2.05) is 18.2 Å². The van der Waals surface area contributed by atoms with Gasteiger partial charge in [0.25, 0.3) is 0 Å². The summed E-state index contributed by atoms with van der Waals surface area (Å²) in [7, 11) is 0. The highest BCUT2D eigenvalue weighted by Gasteiger charge is 2.10. The molecule has 2 aromatic carbocycles. The van der Waals surface area contributed by atoms with Crippen molar-refractivity contribution in [2.45, 2.75) is 6.42 Å². The summed E-state index contributed by atoms with van der Waals surface area (Å²) < 4.78 is 1.02. The highest BCUT2D eigenvalue weighted by molar-refractivity contribution is 7.22. The quantitative estimate of drug-likeness (QED) is 0.745. The van der Waals surface area contributed by atoms with Crippen LogP contribution in [0.2, 0.25) is 0 Å². The number of hydrogen-bond donors (Lipinski definition) is 2. The first-order valence-electron chi connectivity index (χ1n) is 6.09. The Hall–Kier alpha value is -2.51. The Kier molecular flexibility index (Phi) is 3.05. The molecule has 98 valence electrons. The van der Waals surface area contributed by atoms with Gasteiger partial charge < -0.3 is 10.2 Å². The lowest BCUT2D eigenvalue weighted by Crippen LogP contribution is -1.80. The van der Waals surface area contributed by atoms with Gasteiger partial charge in [0.05, 0.1) is 12.5 Å². The van der Waals surface area contributed by atoms with Gasteiger partial charge in [-0.05, 0) is 59.0 Å². The van der Waals surface area contributed by atoms with Crippen molar-refractivity contribution in [1.29, 1.82) is 5.26 Å². The van der Waals surface area contributed by atoms with Gasteiger partial charge >= 0.3 is 0 Å². The van der Waals surface area contributed by atoms with Gasteiger partial charge in [0.1, 0.15) is 11.5 Å². The molecule has 1 aromatic heterocycles. The van der Waals surface area contributed by atoms with Crippen molar-refractivity contribution in [1.82, 2.24) is 0 Å². The van der Waals surface area contributed by atoms with E-state index in [4.69, 9.17) is 5.26 Å². The number of rotatable bonds is 2. The molecule has 1 heterocycles. The predicted octanol–water partition coefficient (Wildman–Crippen LogP) is 4.05. The molecule has 0 spiro atoms. The third-order valence-electron chi connectivity index (χ3n) is 3.10. The Balaban J connectivity index is 2.17. The summed E-state index contributed by atoms with van der Waals surface area (Å²) in [5.74, 6) is 0.412. The minimum atomic E-state index is 0.179. The molecule has 3 nitrogen and oxygen atoms in total. The van der Waals surface area contributed by atoms with E-state index in [1.165, 1.54) is 0 Å². The molecule has 3 aromatic rings. The summed E-state index contributed by atoms with van der Waals surface area (Å²) in [5, 5.41) is 28.8. The fraction of sp³-hybridized carbons (Fsp3) is 0.0625. The number of phenolic OH excluding ortho intramolecular Hbond substituents is 2. The van der Waals surface area contributed by atoms with E-state index in [9.17, 15) is 10.2 Å². The van der Waals surface area contributed by atoms with Crippen LogP contribution in [0, 0.1) is 11.3 Å². The molecule has 0 aliphatic carbocycles. The van der Waals surface area contributed by atoms with E-state index < -0.39 is 0 Å². The van der Waals surface area contributed by atoms with Crippen molar-refractivity contribution in [2.75, 3.05) is 0 Å². The molecular formula is C16H11NO2S. The van der Waals surface area contributed by atoms with E-state index in [-0.39, 0.29) is 17.9 Å². The minimum Gasteiger partial charge on any atom is -0.508 e. The molecule has 0 unspecified atom stereocenters. The van der Waals surface area contributed by atoms with Crippen molar-refractivity contribution >= 4 is 21.4 Å². The minimum absolute atomic E-state index is 0.179. The van der Waals surface area contributed by atoms with Gasteiger partial charge in [-0.1, -0.05) is 0 Å². The van der Waals surface area contributed by atoms with Crippen molar-refractivity contribution in [3.05, 3.63) is 48.0 Å². The molecule has 4 heteroatoms. The van der Waals surface area contributed by atoms with Crippen molar-refractivity contribution in [3.63, 3.8) is 0 Å². The topological polar surface area (TPSA) is 64.2 Å². The highest BCUT2D eigenvalue weighted by Crippen LogP contribution is 2.37. The van der Waals surface area contributed by atoms with Crippen molar-refractivity contribution < 1.29 is 10.2 Å². The van der Waals surface area contributed by atoms with Crippen LogP contribution in [0.25, 0.3) is 20.5 Å². The summed E-state index contributed by atoms with van der Waals surface area (Å²) >= 11 is 1.59. The molecule has 20 heavy (non-hydrogen) atoms. The molecule has 0 aliphatic heterocycles. The zero-order valence-electron chi connectivity index (χ0n) is 10.5. The van der Waals surface area contributed by atoms with Gasteiger partial charge in [0, 0.05) is 9.58 Å². The number of fused-ring (bicyclic) bond motifs is 1. The lowest BCUT2D eigenvalue weighted by Gasteiger charge is -1.99. The van der Waals surface area contributed by atoms with Crippen LogP contribution in [0.15, 0.2) is 42.5 Å². The normalized spacial score (nSPS) is 10.6. The molecule has 0 saturated carbocycles. The smallest absolute Gasteiger partial charge is 0.116 e. The first kappa shape index (κ1) is 12.5. The van der Waals surface area contributed by atoms with E-state index in [0.29, 0.717) is 0 Å². The maximum Gasteiger partial charge on any atom is 0.116 e. The second-order valence-corrected chi connectivity index (χ2v) is 5.57. The van der Waals surface area contributed by atoms with E-state index in [1.54, 1.807) is 35.6 Å². The van der Waals surface area contributed by atoms with Crippen LogP contribution in [-0.4, -0.2) is 10.2 Å². The van der Waals surface area contributed by atoms with Gasteiger partial charge in [-0.3, -0.25) is 0 Å². The average molecular weight is 281 g/mol. The molecule has 0 aliphatic rings. The van der Waals surface area contributed by atoms with Crippen LogP contribution in [0.3, 0.4) is 0 Å². The monoisotopic (exact) mass is 281 g/mol. The summed E-state index contributed by atoms with van der Waals surface area (Å²) in [6, 6.07) is 14.5. The molecule has 0 fully saturated rings. The zero-order chi connectivity index (χ0) is 14.1. The largest absolute Gasteiger partial charge is 0.508 e. The number of benzene rings is 2. The number of hydrogen-bond acceptors (Lipinski definition) is 4. The van der Waals surface area contributed by atoms with E-state index in [0.717, 1.165) is 26.1 Å². The number of nitrogens with zero attached hydrogens (tertiary/aromatic N) is 1. The van der Waals surface area contributed by atoms with E-state index in [2.05, 4.69) is 6.07 Å². The lowest BCUT2D eigenvalue weighted by molar-refractivity contribution is 0.475. The SMILES string of the molecule is N#CCc1cc(O)cc2cc(-c3ccc(O)cc3)sc12. The van der Waals surface area contributed by atoms with Gasteiger partial charge in [0.2, 0.25) is 0 Å². The standard InChI is InChI=1S/C16H11NO2S/c17-6-5-11-7-14(19)8-12-9-15(20-16(11)12)10-1-3-13(18)4-2-10/h1-4,7-9,18-19H,5H2. The Morgan fingerprint density at radius 3 is 2.45 bits per heavy atom. The van der Waals surface area contributed by atoms with Gasteiger partial charge in [-0.15, -0.1) is 11.3 Å². The Morgan fingerprint density at radius 1 is 1.00 bits per heavy atom. The number of aromatic hydroxyl groups is 2. The molecule has 0 radical (unpaired) electrons. The molecule has 0 atom stereocenters. The van der Waals surface area contributed by atoms with Gasteiger partial charge in [-0.2, -0.15) is 5.26 Å². The maximum atomic E-state index is 9.72. The average Bonchev–Trinajstić information content (AvgIpc) is 2.83. The fourth-order valence-electron chi connectivity index (χ4n) is 2.19. The highest BCUT2D eigenvalue weighted by atomic mass is 32.1.